The molecule has 2 N–H and O–H groups in total. The quantitative estimate of drug-likeness (QED) is 0.903. The molecule has 0 bridgehead atoms. The Morgan fingerprint density at radius 1 is 1.11 bits per heavy atom. The summed E-state index contributed by atoms with van der Waals surface area (Å²) in [7, 11) is -3.70. The molecule has 0 amide bonds. The van der Waals surface area contributed by atoms with Crippen LogP contribution in [-0.4, -0.2) is 13.4 Å². The Morgan fingerprint density at radius 2 is 1.83 bits per heavy atom. The van der Waals surface area contributed by atoms with Crippen LogP contribution in [0.1, 0.15) is 0 Å². The highest BCUT2D eigenvalue weighted by Gasteiger charge is 2.15. The molecule has 1 heterocycles. The normalized spacial score (nSPS) is 11.2. The molecule has 0 atom stereocenters. The van der Waals surface area contributed by atoms with Crippen LogP contribution in [0.4, 0.5) is 5.69 Å². The standard InChI is InChI=1S/C11H9BrN2O3S/c12-9-3-1-2-4-10(9)14-18(16,17)8-5-6-11(15)13-7-8/h1-7,14H,(H,13,15). The SMILES string of the molecule is O=c1ccc(S(=O)(=O)Nc2ccccc2Br)c[nH]1. The lowest BCUT2D eigenvalue weighted by atomic mass is 10.3. The maximum atomic E-state index is 12.0. The molecule has 0 saturated carbocycles. The van der Waals surface area contributed by atoms with Crippen molar-refractivity contribution in [1.29, 1.82) is 0 Å². The molecule has 0 aliphatic heterocycles. The molecule has 0 saturated heterocycles. The van der Waals surface area contributed by atoms with E-state index in [-0.39, 0.29) is 10.5 Å². The van der Waals surface area contributed by atoms with E-state index in [2.05, 4.69) is 25.6 Å². The molecule has 2 rings (SSSR count). The van der Waals surface area contributed by atoms with Gasteiger partial charge in [0.25, 0.3) is 10.0 Å². The number of benzene rings is 1. The molecular formula is C11H9BrN2O3S. The zero-order valence-corrected chi connectivity index (χ0v) is 11.5. The molecular weight excluding hydrogens is 320 g/mol. The lowest BCUT2D eigenvalue weighted by Crippen LogP contribution is -2.15. The van der Waals surface area contributed by atoms with Gasteiger partial charge in [0.05, 0.1) is 5.69 Å². The van der Waals surface area contributed by atoms with Crippen molar-refractivity contribution in [1.82, 2.24) is 4.98 Å². The summed E-state index contributed by atoms with van der Waals surface area (Å²) >= 11 is 3.25. The van der Waals surface area contributed by atoms with Crippen molar-refractivity contribution in [3.63, 3.8) is 0 Å². The molecule has 94 valence electrons. The van der Waals surface area contributed by atoms with Crippen molar-refractivity contribution in [2.75, 3.05) is 4.72 Å². The van der Waals surface area contributed by atoms with E-state index >= 15 is 0 Å². The van der Waals surface area contributed by atoms with Gasteiger partial charge in [-0.25, -0.2) is 8.42 Å². The fraction of sp³-hybridized carbons (Fsp3) is 0. The van der Waals surface area contributed by atoms with E-state index in [1.807, 2.05) is 0 Å². The average molecular weight is 329 g/mol. The summed E-state index contributed by atoms with van der Waals surface area (Å²) in [5.74, 6) is 0. The summed E-state index contributed by atoms with van der Waals surface area (Å²) in [6.45, 7) is 0. The lowest BCUT2D eigenvalue weighted by molar-refractivity contribution is 0.600. The van der Waals surface area contributed by atoms with Gasteiger partial charge >= 0.3 is 0 Å². The van der Waals surface area contributed by atoms with Gasteiger partial charge in [0.1, 0.15) is 4.90 Å². The second-order valence-corrected chi connectivity index (χ2v) is 6.01. The topological polar surface area (TPSA) is 79.0 Å². The smallest absolute Gasteiger partial charge is 0.263 e. The molecule has 0 spiro atoms. The third-order valence-electron chi connectivity index (χ3n) is 2.18. The molecule has 18 heavy (non-hydrogen) atoms. The van der Waals surface area contributed by atoms with E-state index in [4.69, 9.17) is 0 Å². The van der Waals surface area contributed by atoms with Crippen molar-refractivity contribution >= 4 is 31.6 Å². The number of aromatic nitrogens is 1. The fourth-order valence-corrected chi connectivity index (χ4v) is 2.87. The Bertz CT molecular complexity index is 705. The molecule has 0 aliphatic rings. The number of H-pyrrole nitrogens is 1. The Balaban J connectivity index is 2.36. The van der Waals surface area contributed by atoms with Crippen LogP contribution in [0.2, 0.25) is 0 Å². The Morgan fingerprint density at radius 3 is 2.44 bits per heavy atom. The van der Waals surface area contributed by atoms with Gasteiger partial charge in [0.15, 0.2) is 0 Å². The molecule has 0 fully saturated rings. The highest BCUT2D eigenvalue weighted by molar-refractivity contribution is 9.10. The number of anilines is 1. The number of hydrogen-bond acceptors (Lipinski definition) is 3. The molecule has 1 aromatic carbocycles. The summed E-state index contributed by atoms with van der Waals surface area (Å²) in [6.07, 6.45) is 1.15. The number of sulfonamides is 1. The van der Waals surface area contributed by atoms with Crippen LogP contribution in [0.5, 0.6) is 0 Å². The highest BCUT2D eigenvalue weighted by atomic mass is 79.9. The van der Waals surface area contributed by atoms with E-state index in [9.17, 15) is 13.2 Å². The molecule has 2 aromatic rings. The number of aromatic amines is 1. The summed E-state index contributed by atoms with van der Waals surface area (Å²) in [5.41, 5.74) is 0.0820. The number of rotatable bonds is 3. The highest BCUT2D eigenvalue weighted by Crippen LogP contribution is 2.23. The largest absolute Gasteiger partial charge is 0.328 e. The minimum Gasteiger partial charge on any atom is -0.328 e. The van der Waals surface area contributed by atoms with Gasteiger partial charge in [0, 0.05) is 16.7 Å². The fourth-order valence-electron chi connectivity index (χ4n) is 1.31. The zero-order chi connectivity index (χ0) is 13.2. The van der Waals surface area contributed by atoms with Gasteiger partial charge in [-0.2, -0.15) is 0 Å². The first-order valence-corrected chi connectivity index (χ1v) is 7.23. The number of halogens is 1. The average Bonchev–Trinajstić information content (AvgIpc) is 2.32. The van der Waals surface area contributed by atoms with Gasteiger partial charge in [-0.05, 0) is 34.1 Å². The van der Waals surface area contributed by atoms with Gasteiger partial charge in [-0.1, -0.05) is 12.1 Å². The Hall–Kier alpha value is -1.60. The first kappa shape index (κ1) is 12.8. The summed E-state index contributed by atoms with van der Waals surface area (Å²) in [6, 6.07) is 9.27. The van der Waals surface area contributed by atoms with Crippen LogP contribution in [-0.2, 0) is 10.0 Å². The minimum atomic E-state index is -3.70. The lowest BCUT2D eigenvalue weighted by Gasteiger charge is -2.08. The number of nitrogens with one attached hydrogen (secondary N) is 2. The van der Waals surface area contributed by atoms with E-state index < -0.39 is 10.0 Å². The molecule has 5 nitrogen and oxygen atoms in total. The van der Waals surface area contributed by atoms with Gasteiger partial charge in [0.2, 0.25) is 5.56 Å². The van der Waals surface area contributed by atoms with E-state index in [0.29, 0.717) is 10.2 Å². The van der Waals surface area contributed by atoms with Crippen molar-refractivity contribution in [2.24, 2.45) is 0 Å². The predicted molar refractivity (Wildman–Crippen MR) is 72.0 cm³/mol. The Labute approximate surface area is 112 Å². The zero-order valence-electron chi connectivity index (χ0n) is 9.05. The first-order valence-electron chi connectivity index (χ1n) is 4.95. The summed E-state index contributed by atoms with van der Waals surface area (Å²) in [5, 5.41) is 0. The van der Waals surface area contributed by atoms with Gasteiger partial charge in [-0.15, -0.1) is 0 Å². The predicted octanol–water partition coefficient (Wildman–Crippen LogP) is 1.94. The molecule has 1 aromatic heterocycles. The maximum absolute atomic E-state index is 12.0. The van der Waals surface area contributed by atoms with Gasteiger partial charge < -0.3 is 4.98 Å². The van der Waals surface area contributed by atoms with Crippen molar-refractivity contribution in [3.8, 4) is 0 Å². The van der Waals surface area contributed by atoms with Crippen LogP contribution in [0.15, 0.2) is 56.8 Å². The molecule has 0 aliphatic carbocycles. The third kappa shape index (κ3) is 2.80. The summed E-state index contributed by atoms with van der Waals surface area (Å²) < 4.78 is 27.1. The van der Waals surface area contributed by atoms with Crippen molar-refractivity contribution in [3.05, 3.63) is 57.4 Å². The number of para-hydroxylation sites is 1. The van der Waals surface area contributed by atoms with Crippen molar-refractivity contribution in [2.45, 2.75) is 4.90 Å². The first-order chi connectivity index (χ1) is 8.49. The van der Waals surface area contributed by atoms with Crippen LogP contribution in [0.3, 0.4) is 0 Å². The van der Waals surface area contributed by atoms with Crippen LogP contribution >= 0.6 is 15.9 Å². The molecule has 7 heteroatoms. The second-order valence-electron chi connectivity index (χ2n) is 3.47. The second kappa shape index (κ2) is 4.95. The molecule has 0 unspecified atom stereocenters. The third-order valence-corrected chi connectivity index (χ3v) is 4.24. The van der Waals surface area contributed by atoms with E-state index in [1.165, 1.54) is 6.07 Å². The minimum absolute atomic E-state index is 0.00199. The monoisotopic (exact) mass is 328 g/mol. The van der Waals surface area contributed by atoms with Crippen LogP contribution in [0, 0.1) is 0 Å². The molecule has 0 radical (unpaired) electrons. The summed E-state index contributed by atoms with van der Waals surface area (Å²) in [4.78, 5) is 13.2. The maximum Gasteiger partial charge on any atom is 0.263 e. The van der Waals surface area contributed by atoms with E-state index in [0.717, 1.165) is 12.3 Å². The van der Waals surface area contributed by atoms with Crippen LogP contribution < -0.4 is 10.3 Å². The number of hydrogen-bond donors (Lipinski definition) is 2. The van der Waals surface area contributed by atoms with Crippen LogP contribution in [0.25, 0.3) is 0 Å². The number of pyridine rings is 1. The van der Waals surface area contributed by atoms with Gasteiger partial charge in [-0.3, -0.25) is 9.52 Å². The Kier molecular flexibility index (Phi) is 3.53. The van der Waals surface area contributed by atoms with E-state index in [1.54, 1.807) is 24.3 Å². The van der Waals surface area contributed by atoms with Crippen molar-refractivity contribution < 1.29 is 8.42 Å².